The quantitative estimate of drug-likeness (QED) is 0.856. The molecule has 0 aromatic heterocycles. The van der Waals surface area contributed by atoms with Crippen molar-refractivity contribution in [1.29, 1.82) is 0 Å². The van der Waals surface area contributed by atoms with E-state index in [2.05, 4.69) is 0 Å². The van der Waals surface area contributed by atoms with Gasteiger partial charge in [0.2, 0.25) is 0 Å². The molecule has 3 N–H and O–H groups in total. The summed E-state index contributed by atoms with van der Waals surface area (Å²) >= 11 is 0. The first-order valence-corrected chi connectivity index (χ1v) is 6.81. The molecule has 2 aromatic rings. The first-order valence-electron chi connectivity index (χ1n) is 5.32. The number of nitrogens with one attached hydrogen (secondary N) is 1. The number of hydrogen-bond acceptors (Lipinski definition) is 3. The summed E-state index contributed by atoms with van der Waals surface area (Å²) in [6, 6.07) is 6.18. The van der Waals surface area contributed by atoms with Crippen LogP contribution in [0.3, 0.4) is 0 Å². The van der Waals surface area contributed by atoms with E-state index in [9.17, 15) is 21.6 Å². The molecule has 2 rings (SSSR count). The Balaban J connectivity index is 2.46. The number of anilines is 2. The molecule has 0 heterocycles. The van der Waals surface area contributed by atoms with Crippen LogP contribution in [0, 0.1) is 17.5 Å². The van der Waals surface area contributed by atoms with E-state index in [1.54, 1.807) is 0 Å². The highest BCUT2D eigenvalue weighted by molar-refractivity contribution is 7.92. The van der Waals surface area contributed by atoms with Crippen molar-refractivity contribution in [3.8, 4) is 0 Å². The standard InChI is InChI=1S/C12H9F3N2O2S/c13-7-4-10(14)12(11(15)5-7)20(18,19)17-9-3-1-2-8(16)6-9/h1-6,17H,16H2. The van der Waals surface area contributed by atoms with Crippen LogP contribution in [0.15, 0.2) is 41.3 Å². The van der Waals surface area contributed by atoms with E-state index in [0.717, 1.165) is 0 Å². The predicted octanol–water partition coefficient (Wildman–Crippen LogP) is 2.49. The SMILES string of the molecule is Nc1cccc(NS(=O)(=O)c2c(F)cc(F)cc2F)c1. The van der Waals surface area contributed by atoms with Gasteiger partial charge < -0.3 is 5.73 Å². The van der Waals surface area contributed by atoms with Crippen molar-refractivity contribution in [3.05, 3.63) is 53.8 Å². The molecule has 0 aliphatic rings. The van der Waals surface area contributed by atoms with Crippen LogP contribution in [0.2, 0.25) is 0 Å². The third kappa shape index (κ3) is 2.85. The fourth-order valence-electron chi connectivity index (χ4n) is 1.59. The number of sulfonamides is 1. The first kappa shape index (κ1) is 14.2. The van der Waals surface area contributed by atoms with Gasteiger partial charge >= 0.3 is 0 Å². The molecule has 8 heteroatoms. The van der Waals surface area contributed by atoms with Gasteiger partial charge in [-0.25, -0.2) is 21.6 Å². The number of nitrogen functional groups attached to an aromatic ring is 1. The number of rotatable bonds is 3. The molecule has 0 amide bonds. The molecule has 0 atom stereocenters. The Labute approximate surface area is 113 Å². The van der Waals surface area contributed by atoms with Crippen molar-refractivity contribution < 1.29 is 21.6 Å². The Bertz CT molecular complexity index is 740. The number of nitrogens with two attached hydrogens (primary N) is 1. The highest BCUT2D eigenvalue weighted by Crippen LogP contribution is 2.23. The summed E-state index contributed by atoms with van der Waals surface area (Å²) in [5.74, 6) is -4.24. The number of benzene rings is 2. The van der Waals surface area contributed by atoms with Gasteiger partial charge in [-0.1, -0.05) is 6.07 Å². The van der Waals surface area contributed by atoms with Crippen molar-refractivity contribution >= 4 is 21.4 Å². The Morgan fingerprint density at radius 1 is 1.00 bits per heavy atom. The van der Waals surface area contributed by atoms with E-state index < -0.39 is 32.4 Å². The minimum atomic E-state index is -4.53. The molecule has 0 aliphatic heterocycles. The number of halogens is 3. The van der Waals surface area contributed by atoms with Crippen LogP contribution < -0.4 is 10.5 Å². The largest absolute Gasteiger partial charge is 0.399 e. The predicted molar refractivity (Wildman–Crippen MR) is 68.0 cm³/mol. The molecule has 0 aliphatic carbocycles. The first-order chi connectivity index (χ1) is 9.29. The highest BCUT2D eigenvalue weighted by atomic mass is 32.2. The maximum absolute atomic E-state index is 13.5. The maximum atomic E-state index is 13.5. The summed E-state index contributed by atoms with van der Waals surface area (Å²) in [6.45, 7) is 0. The van der Waals surface area contributed by atoms with Gasteiger partial charge in [-0.05, 0) is 18.2 Å². The zero-order chi connectivity index (χ0) is 14.9. The molecule has 0 saturated carbocycles. The van der Waals surface area contributed by atoms with Gasteiger partial charge in [-0.3, -0.25) is 4.72 Å². The summed E-state index contributed by atoms with van der Waals surface area (Å²) in [5.41, 5.74) is 5.77. The Morgan fingerprint density at radius 2 is 1.60 bits per heavy atom. The molecule has 0 saturated heterocycles. The van der Waals surface area contributed by atoms with Gasteiger partial charge in [0.15, 0.2) is 4.90 Å². The molecule has 106 valence electrons. The maximum Gasteiger partial charge on any atom is 0.267 e. The number of hydrogen-bond donors (Lipinski definition) is 2. The van der Waals surface area contributed by atoms with Gasteiger partial charge in [0, 0.05) is 17.8 Å². The van der Waals surface area contributed by atoms with Crippen LogP contribution in [-0.2, 0) is 10.0 Å². The zero-order valence-electron chi connectivity index (χ0n) is 9.90. The lowest BCUT2D eigenvalue weighted by atomic mass is 10.3. The van der Waals surface area contributed by atoms with Gasteiger partial charge in [0.1, 0.15) is 17.5 Å². The van der Waals surface area contributed by atoms with E-state index in [1.807, 2.05) is 4.72 Å². The lowest BCUT2D eigenvalue weighted by Crippen LogP contribution is -2.16. The van der Waals surface area contributed by atoms with Gasteiger partial charge in [-0.2, -0.15) is 0 Å². The van der Waals surface area contributed by atoms with Crippen LogP contribution >= 0.6 is 0 Å². The van der Waals surface area contributed by atoms with E-state index in [-0.39, 0.29) is 23.5 Å². The molecular weight excluding hydrogens is 293 g/mol. The normalized spacial score (nSPS) is 11.3. The van der Waals surface area contributed by atoms with Crippen LogP contribution in [0.1, 0.15) is 0 Å². The summed E-state index contributed by atoms with van der Waals surface area (Å²) in [4.78, 5) is -1.25. The molecule has 0 bridgehead atoms. The van der Waals surface area contributed by atoms with Crippen molar-refractivity contribution in [1.82, 2.24) is 0 Å². The second-order valence-corrected chi connectivity index (χ2v) is 5.55. The van der Waals surface area contributed by atoms with E-state index >= 15 is 0 Å². The lowest BCUT2D eigenvalue weighted by molar-refractivity contribution is 0.498. The summed E-state index contributed by atoms with van der Waals surface area (Å²) in [7, 11) is -4.53. The average molecular weight is 302 g/mol. The molecule has 20 heavy (non-hydrogen) atoms. The van der Waals surface area contributed by atoms with Crippen LogP contribution in [0.4, 0.5) is 24.5 Å². The van der Waals surface area contributed by atoms with Crippen molar-refractivity contribution in [2.75, 3.05) is 10.5 Å². The van der Waals surface area contributed by atoms with E-state index in [0.29, 0.717) is 0 Å². The second-order valence-electron chi connectivity index (χ2n) is 3.93. The average Bonchev–Trinajstić information content (AvgIpc) is 2.25. The van der Waals surface area contributed by atoms with Crippen LogP contribution in [0.25, 0.3) is 0 Å². The Kier molecular flexibility index (Phi) is 3.58. The van der Waals surface area contributed by atoms with Crippen molar-refractivity contribution in [2.24, 2.45) is 0 Å². The van der Waals surface area contributed by atoms with Gasteiger partial charge in [-0.15, -0.1) is 0 Å². The fourth-order valence-corrected chi connectivity index (χ4v) is 2.76. The Hall–Kier alpha value is -2.22. The molecule has 4 nitrogen and oxygen atoms in total. The van der Waals surface area contributed by atoms with Gasteiger partial charge in [0.05, 0.1) is 5.69 Å². The van der Waals surface area contributed by atoms with Crippen molar-refractivity contribution in [3.63, 3.8) is 0 Å². The smallest absolute Gasteiger partial charge is 0.267 e. The highest BCUT2D eigenvalue weighted by Gasteiger charge is 2.25. The minimum Gasteiger partial charge on any atom is -0.399 e. The lowest BCUT2D eigenvalue weighted by Gasteiger charge is -2.10. The molecule has 0 fully saturated rings. The third-order valence-electron chi connectivity index (χ3n) is 2.37. The summed E-state index contributed by atoms with van der Waals surface area (Å²) in [6.07, 6.45) is 0. The molecular formula is C12H9F3N2O2S. The van der Waals surface area contributed by atoms with Crippen LogP contribution in [-0.4, -0.2) is 8.42 Å². The minimum absolute atomic E-state index is 0.0353. The fraction of sp³-hybridized carbons (Fsp3) is 0. The van der Waals surface area contributed by atoms with Crippen molar-refractivity contribution in [2.45, 2.75) is 4.90 Å². The summed E-state index contributed by atoms with van der Waals surface area (Å²) in [5, 5.41) is 0. The zero-order valence-corrected chi connectivity index (χ0v) is 10.7. The van der Waals surface area contributed by atoms with E-state index in [1.165, 1.54) is 24.3 Å². The molecule has 0 unspecified atom stereocenters. The molecule has 0 radical (unpaired) electrons. The van der Waals surface area contributed by atoms with Gasteiger partial charge in [0.25, 0.3) is 10.0 Å². The monoisotopic (exact) mass is 302 g/mol. The topological polar surface area (TPSA) is 72.2 Å². The Morgan fingerprint density at radius 3 is 2.15 bits per heavy atom. The molecule has 2 aromatic carbocycles. The summed E-state index contributed by atoms with van der Waals surface area (Å²) < 4.78 is 65.5. The third-order valence-corrected chi connectivity index (χ3v) is 3.80. The second kappa shape index (κ2) is 5.04. The molecule has 0 spiro atoms. The van der Waals surface area contributed by atoms with E-state index in [4.69, 9.17) is 5.73 Å². The van der Waals surface area contributed by atoms with Crippen LogP contribution in [0.5, 0.6) is 0 Å².